The van der Waals surface area contributed by atoms with Crippen molar-refractivity contribution in [3.05, 3.63) is 53.3 Å². The van der Waals surface area contributed by atoms with E-state index < -0.39 is 40.8 Å². The van der Waals surface area contributed by atoms with Gasteiger partial charge in [0.25, 0.3) is 0 Å². The quantitative estimate of drug-likeness (QED) is 0.257. The van der Waals surface area contributed by atoms with Gasteiger partial charge in [0.15, 0.2) is 6.54 Å². The lowest BCUT2D eigenvalue weighted by Crippen LogP contribution is -2.62. The fourth-order valence-electron chi connectivity index (χ4n) is 3.53. The molecule has 1 fully saturated rings. The molecule has 1 unspecified atom stereocenters. The molecule has 1 aromatic carbocycles. The van der Waals surface area contributed by atoms with Crippen LogP contribution in [0.5, 0.6) is 0 Å². The molecule has 2 heterocycles. The highest BCUT2D eigenvalue weighted by Crippen LogP contribution is 2.43. The van der Waals surface area contributed by atoms with Gasteiger partial charge in [-0.05, 0) is 40.9 Å². The van der Waals surface area contributed by atoms with Gasteiger partial charge in [0.2, 0.25) is 5.54 Å². The van der Waals surface area contributed by atoms with Gasteiger partial charge in [-0.3, -0.25) is 14.6 Å². The van der Waals surface area contributed by atoms with Gasteiger partial charge in [-0.15, -0.1) is 11.8 Å². The Labute approximate surface area is 209 Å². The van der Waals surface area contributed by atoms with Crippen LogP contribution in [0.2, 0.25) is 5.02 Å². The Balaban J connectivity index is 2.08. The number of anilines is 1. The van der Waals surface area contributed by atoms with Crippen LogP contribution < -0.4 is 4.90 Å². The molecule has 35 heavy (non-hydrogen) atoms. The summed E-state index contributed by atoms with van der Waals surface area (Å²) < 4.78 is 38.1. The van der Waals surface area contributed by atoms with Crippen molar-refractivity contribution in [1.29, 1.82) is 0 Å². The molecule has 0 spiro atoms. The summed E-state index contributed by atoms with van der Waals surface area (Å²) in [7, 11) is 0. The molecule has 0 saturated carbocycles. The van der Waals surface area contributed by atoms with E-state index in [1.807, 2.05) is 13.8 Å². The lowest BCUT2D eigenvalue weighted by Gasteiger charge is -2.35. The minimum atomic E-state index is -5.38. The summed E-state index contributed by atoms with van der Waals surface area (Å²) >= 11 is 7.88. The van der Waals surface area contributed by atoms with Gasteiger partial charge in [0.05, 0.1) is 10.7 Å². The van der Waals surface area contributed by atoms with E-state index in [0.717, 1.165) is 10.6 Å². The zero-order valence-corrected chi connectivity index (χ0v) is 21.0. The maximum absolute atomic E-state index is 13.7. The summed E-state index contributed by atoms with van der Waals surface area (Å²) in [6.07, 6.45) is -2.63. The summed E-state index contributed by atoms with van der Waals surface area (Å²) in [5.41, 5.74) is -1.49. The molecule has 0 aliphatic carbocycles. The van der Waals surface area contributed by atoms with E-state index in [1.165, 1.54) is 62.3 Å². The Morgan fingerprint density at radius 3 is 2.37 bits per heavy atom. The van der Waals surface area contributed by atoms with E-state index in [2.05, 4.69) is 4.98 Å². The van der Waals surface area contributed by atoms with Crippen LogP contribution in [0, 0.1) is 5.92 Å². The summed E-state index contributed by atoms with van der Waals surface area (Å²) in [6, 6.07) is 6.28. The number of pyridine rings is 1. The molecule has 12 heteroatoms. The number of hydrogen-bond acceptors (Lipinski definition) is 6. The standard InChI is InChI=1S/C23H24ClF3N3O4S/c1-14(2)13-35-18-6-5-16(11-17(18)24)29-19(31)22(3,4)30(21(29)33,34-20(32)23(25,26)27)12-15-7-9-28-10-8-15/h5-11,14H,12-13H2,1-4H3/q+1. The van der Waals surface area contributed by atoms with Crippen molar-refractivity contribution in [1.82, 2.24) is 4.98 Å². The summed E-state index contributed by atoms with van der Waals surface area (Å²) in [4.78, 5) is 49.2. The van der Waals surface area contributed by atoms with Crippen molar-refractivity contribution in [3.63, 3.8) is 0 Å². The van der Waals surface area contributed by atoms with Crippen molar-refractivity contribution >= 4 is 47.0 Å². The third kappa shape index (κ3) is 5.17. The highest BCUT2D eigenvalue weighted by atomic mass is 35.5. The van der Waals surface area contributed by atoms with Gasteiger partial charge in [-0.25, -0.2) is 9.59 Å². The number of carbonyl (C=O) groups is 3. The van der Waals surface area contributed by atoms with Crippen LogP contribution in [0.3, 0.4) is 0 Å². The number of amides is 3. The minimum absolute atomic E-state index is 0.0600. The van der Waals surface area contributed by atoms with Gasteiger partial charge in [0, 0.05) is 42.5 Å². The normalized spacial score (nSPS) is 20.0. The third-order valence-electron chi connectivity index (χ3n) is 5.50. The van der Waals surface area contributed by atoms with Gasteiger partial charge < -0.3 is 0 Å². The zero-order chi connectivity index (χ0) is 26.2. The minimum Gasteiger partial charge on any atom is -0.266 e. The average Bonchev–Trinajstić information content (AvgIpc) is 2.90. The second kappa shape index (κ2) is 9.79. The van der Waals surface area contributed by atoms with Crippen LogP contribution in [-0.2, 0) is 21.0 Å². The van der Waals surface area contributed by atoms with Gasteiger partial charge >= 0.3 is 24.1 Å². The number of rotatable bonds is 7. The second-order valence-electron chi connectivity index (χ2n) is 8.93. The van der Waals surface area contributed by atoms with Crippen molar-refractivity contribution < 1.29 is 37.0 Å². The number of nitrogens with zero attached hydrogens (tertiary/aromatic N) is 3. The summed E-state index contributed by atoms with van der Waals surface area (Å²) in [5.74, 6) is -2.24. The molecule has 3 amide bonds. The maximum atomic E-state index is 13.7. The van der Waals surface area contributed by atoms with Crippen LogP contribution in [-0.4, -0.2) is 45.0 Å². The molecular formula is C23H24ClF3N3O4S+. The van der Waals surface area contributed by atoms with E-state index >= 15 is 0 Å². The number of hydroxylamine groups is 3. The largest absolute Gasteiger partial charge is 0.497 e. The highest BCUT2D eigenvalue weighted by Gasteiger charge is 2.71. The predicted octanol–water partition coefficient (Wildman–Crippen LogP) is 5.77. The van der Waals surface area contributed by atoms with Crippen molar-refractivity contribution in [2.75, 3.05) is 10.7 Å². The number of urea groups is 1. The lowest BCUT2D eigenvalue weighted by atomic mass is 10.0. The number of thioether (sulfide) groups is 1. The zero-order valence-electron chi connectivity index (χ0n) is 19.4. The first kappa shape index (κ1) is 27.0. The molecule has 7 nitrogen and oxygen atoms in total. The van der Waals surface area contributed by atoms with E-state index in [-0.39, 0.29) is 10.7 Å². The highest BCUT2D eigenvalue weighted by molar-refractivity contribution is 7.99. The van der Waals surface area contributed by atoms with Crippen LogP contribution in [0.1, 0.15) is 33.3 Å². The second-order valence-corrected chi connectivity index (χ2v) is 10.4. The number of halogens is 4. The molecule has 1 atom stereocenters. The first-order valence-electron chi connectivity index (χ1n) is 10.6. The molecule has 0 radical (unpaired) electrons. The number of quaternary nitrogens is 1. The van der Waals surface area contributed by atoms with Crippen LogP contribution >= 0.6 is 23.4 Å². The molecule has 3 rings (SSSR count). The Morgan fingerprint density at radius 2 is 1.83 bits per heavy atom. The topological polar surface area (TPSA) is 76.6 Å². The van der Waals surface area contributed by atoms with Gasteiger partial charge in [-0.1, -0.05) is 25.4 Å². The SMILES string of the molecule is CC(C)CSc1ccc(N2C(=O)C(C)(C)[N+](Cc3ccncc3)(OC(=O)C(F)(F)F)C2=O)cc1Cl. The smallest absolute Gasteiger partial charge is 0.266 e. The van der Waals surface area contributed by atoms with Crippen molar-refractivity contribution in [3.8, 4) is 0 Å². The lowest BCUT2D eigenvalue weighted by molar-refractivity contribution is -1.06. The Morgan fingerprint density at radius 1 is 1.20 bits per heavy atom. The molecule has 2 aromatic rings. The Bertz CT molecular complexity index is 1140. The van der Waals surface area contributed by atoms with Crippen LogP contribution in [0.25, 0.3) is 0 Å². The Kier molecular flexibility index (Phi) is 7.54. The monoisotopic (exact) mass is 530 g/mol. The van der Waals surface area contributed by atoms with E-state index in [9.17, 15) is 27.6 Å². The van der Waals surface area contributed by atoms with E-state index in [1.54, 1.807) is 6.07 Å². The molecule has 1 aromatic heterocycles. The Hall–Kier alpha value is -2.63. The number of aromatic nitrogens is 1. The molecule has 0 bridgehead atoms. The van der Waals surface area contributed by atoms with E-state index in [0.29, 0.717) is 16.4 Å². The predicted molar refractivity (Wildman–Crippen MR) is 124 cm³/mol. The first-order valence-corrected chi connectivity index (χ1v) is 12.0. The first-order chi connectivity index (χ1) is 16.2. The van der Waals surface area contributed by atoms with Crippen molar-refractivity contribution in [2.24, 2.45) is 5.92 Å². The molecule has 188 valence electrons. The third-order valence-corrected chi connectivity index (χ3v) is 7.43. The molecular weight excluding hydrogens is 507 g/mol. The van der Waals surface area contributed by atoms with E-state index in [4.69, 9.17) is 16.4 Å². The number of imide groups is 1. The number of hydrogen-bond donors (Lipinski definition) is 0. The van der Waals surface area contributed by atoms with Gasteiger partial charge in [-0.2, -0.15) is 18.1 Å². The fraction of sp³-hybridized carbons (Fsp3) is 0.391. The van der Waals surface area contributed by atoms with Gasteiger partial charge in [0.1, 0.15) is 0 Å². The van der Waals surface area contributed by atoms with Crippen molar-refractivity contribution in [2.45, 2.75) is 50.9 Å². The van der Waals surface area contributed by atoms with Crippen LogP contribution in [0.4, 0.5) is 23.7 Å². The molecule has 1 saturated heterocycles. The number of alkyl halides is 3. The maximum Gasteiger partial charge on any atom is 0.497 e. The number of carbonyl (C=O) groups excluding carboxylic acids is 3. The summed E-state index contributed by atoms with van der Waals surface area (Å²) in [5, 5.41) is 0.276. The molecule has 1 aliphatic heterocycles. The summed E-state index contributed by atoms with van der Waals surface area (Å²) in [6.45, 7) is 6.08. The molecule has 0 N–H and O–H groups in total. The average molecular weight is 531 g/mol. The number of benzene rings is 1. The van der Waals surface area contributed by atoms with Crippen LogP contribution in [0.15, 0.2) is 47.6 Å². The fourth-order valence-corrected chi connectivity index (χ4v) is 4.75. The molecule has 1 aliphatic rings.